The van der Waals surface area contributed by atoms with Crippen LogP contribution in [0.5, 0.6) is 5.75 Å². The zero-order chi connectivity index (χ0) is 44.3. The number of hydrogen-bond acceptors (Lipinski definition) is 10. The van der Waals surface area contributed by atoms with E-state index in [9.17, 15) is 33.9 Å². The summed E-state index contributed by atoms with van der Waals surface area (Å²) in [4.78, 5) is 82.2. The van der Waals surface area contributed by atoms with Gasteiger partial charge in [-0.25, -0.2) is 0 Å². The van der Waals surface area contributed by atoms with Crippen LogP contribution in [0, 0.1) is 0 Å². The Morgan fingerprint density at radius 3 is 1.95 bits per heavy atom. The first kappa shape index (κ1) is 46.4. The molecule has 16 nitrogen and oxygen atoms in total. The molecular formula is C46H56N8O8. The van der Waals surface area contributed by atoms with E-state index in [4.69, 9.17) is 10.5 Å². The molecule has 0 spiro atoms. The predicted molar refractivity (Wildman–Crippen MR) is 233 cm³/mol. The molecule has 4 aromatic rings. The lowest BCUT2D eigenvalue weighted by molar-refractivity contribution is -0.135. The second-order valence-corrected chi connectivity index (χ2v) is 15.2. The lowest BCUT2D eigenvalue weighted by Gasteiger charge is -2.38. The third-order valence-electron chi connectivity index (χ3n) is 10.4. The van der Waals surface area contributed by atoms with Gasteiger partial charge >= 0.3 is 0 Å². The van der Waals surface area contributed by atoms with Crippen LogP contribution in [0.3, 0.4) is 0 Å². The Morgan fingerprint density at radius 1 is 0.710 bits per heavy atom. The molecular weight excluding hydrogens is 793 g/mol. The Morgan fingerprint density at radius 2 is 1.31 bits per heavy atom. The molecule has 0 unspecified atom stereocenters. The number of para-hydroxylation sites is 1. The minimum Gasteiger partial charge on any atom is -0.508 e. The zero-order valence-electron chi connectivity index (χ0n) is 34.8. The second kappa shape index (κ2) is 24.0. The molecule has 0 radical (unpaired) electrons. The Bertz CT molecular complexity index is 2070. The molecule has 328 valence electrons. The zero-order valence-corrected chi connectivity index (χ0v) is 34.8. The summed E-state index contributed by atoms with van der Waals surface area (Å²) in [7, 11) is 0. The predicted octanol–water partition coefficient (Wildman–Crippen LogP) is 1.51. The minimum atomic E-state index is -1.16. The maximum absolute atomic E-state index is 13.6. The van der Waals surface area contributed by atoms with Crippen LogP contribution in [0.1, 0.15) is 36.5 Å². The van der Waals surface area contributed by atoms with Crippen molar-refractivity contribution in [2.45, 2.75) is 63.2 Å². The van der Waals surface area contributed by atoms with Gasteiger partial charge in [0.25, 0.3) is 17.7 Å². The van der Waals surface area contributed by atoms with Gasteiger partial charge in [0.05, 0.1) is 12.6 Å². The molecule has 62 heavy (non-hydrogen) atoms. The molecule has 6 amide bonds. The van der Waals surface area contributed by atoms with Gasteiger partial charge in [-0.05, 0) is 73.6 Å². The third-order valence-corrected chi connectivity index (χ3v) is 10.4. The molecule has 3 atom stereocenters. The van der Waals surface area contributed by atoms with E-state index in [0.29, 0.717) is 5.56 Å². The smallest absolute Gasteiger partial charge is 0.264 e. The van der Waals surface area contributed by atoms with E-state index in [2.05, 4.69) is 43.8 Å². The Kier molecular flexibility index (Phi) is 18.0. The molecule has 16 heteroatoms. The maximum Gasteiger partial charge on any atom is 0.264 e. The molecule has 1 aliphatic rings. The number of rotatable bonds is 20. The van der Waals surface area contributed by atoms with Crippen molar-refractivity contribution in [1.82, 2.24) is 31.7 Å². The van der Waals surface area contributed by atoms with Crippen molar-refractivity contribution in [3.8, 4) is 5.75 Å². The van der Waals surface area contributed by atoms with Gasteiger partial charge in [0.2, 0.25) is 17.7 Å². The van der Waals surface area contributed by atoms with Crippen molar-refractivity contribution < 1.29 is 38.6 Å². The first-order chi connectivity index (χ1) is 29.9. The van der Waals surface area contributed by atoms with Gasteiger partial charge in [-0.15, -0.1) is 0 Å². The SMILES string of the molecule is C[C@H](NC(=O)[C@H](N)Cc1ccc(O)cc1)C(=O)NCC(=O)N[C@H](Cc1ccccc1)C(=O)NNC(=O)COCC(=O)N(c1ccccc1)C1CCN(CCc2ccccc2)CC1. The van der Waals surface area contributed by atoms with Gasteiger partial charge in [-0.3, -0.25) is 39.6 Å². The van der Waals surface area contributed by atoms with E-state index >= 15 is 0 Å². The number of hydrazine groups is 1. The molecule has 0 aliphatic carbocycles. The van der Waals surface area contributed by atoms with Crippen molar-refractivity contribution in [3.63, 3.8) is 0 Å². The lowest BCUT2D eigenvalue weighted by atomic mass is 10.0. The Labute approximate surface area is 361 Å². The van der Waals surface area contributed by atoms with Crippen molar-refractivity contribution in [1.29, 1.82) is 0 Å². The highest BCUT2D eigenvalue weighted by Crippen LogP contribution is 2.24. The number of piperidine rings is 1. The Hall–Kier alpha value is -6.62. The number of phenols is 1. The summed E-state index contributed by atoms with van der Waals surface area (Å²) in [6.45, 7) is 2.66. The molecule has 0 saturated carbocycles. The average molecular weight is 849 g/mol. The third kappa shape index (κ3) is 15.1. The van der Waals surface area contributed by atoms with Gasteiger partial charge in [-0.1, -0.05) is 91.0 Å². The summed E-state index contributed by atoms with van der Waals surface area (Å²) in [6, 6.07) is 31.6. The van der Waals surface area contributed by atoms with Crippen molar-refractivity contribution in [3.05, 3.63) is 132 Å². The van der Waals surface area contributed by atoms with Crippen LogP contribution in [0.2, 0.25) is 0 Å². The number of phenolic OH excluding ortho intramolecular Hbond substituents is 1. The van der Waals surface area contributed by atoms with E-state index in [1.165, 1.54) is 24.6 Å². The molecule has 1 saturated heterocycles. The molecule has 4 aromatic carbocycles. The first-order valence-electron chi connectivity index (χ1n) is 20.7. The van der Waals surface area contributed by atoms with Crippen molar-refractivity contribution >= 4 is 41.1 Å². The summed E-state index contributed by atoms with van der Waals surface area (Å²) in [6.07, 6.45) is 2.75. The normalized spacial score (nSPS) is 14.4. The van der Waals surface area contributed by atoms with Crippen LogP contribution in [0.25, 0.3) is 0 Å². The number of aromatic hydroxyl groups is 1. The van der Waals surface area contributed by atoms with Crippen molar-refractivity contribution in [2.75, 3.05) is 44.3 Å². The maximum atomic E-state index is 13.6. The highest BCUT2D eigenvalue weighted by Gasteiger charge is 2.30. The number of nitrogens with one attached hydrogen (secondary N) is 5. The van der Waals surface area contributed by atoms with Crippen LogP contribution in [0.15, 0.2) is 115 Å². The first-order valence-corrected chi connectivity index (χ1v) is 20.7. The van der Waals surface area contributed by atoms with Gasteiger partial charge in [0.15, 0.2) is 0 Å². The topological polar surface area (TPSA) is 225 Å². The van der Waals surface area contributed by atoms with E-state index in [0.717, 1.165) is 50.1 Å². The Balaban J connectivity index is 1.06. The number of carbonyl (C=O) groups is 6. The largest absolute Gasteiger partial charge is 0.508 e. The average Bonchev–Trinajstić information content (AvgIpc) is 3.28. The van der Waals surface area contributed by atoms with E-state index in [-0.39, 0.29) is 37.1 Å². The van der Waals surface area contributed by atoms with E-state index < -0.39 is 60.8 Å². The van der Waals surface area contributed by atoms with Crippen LogP contribution in [-0.2, 0) is 52.8 Å². The molecule has 8 N–H and O–H groups in total. The molecule has 5 rings (SSSR count). The number of nitrogens with two attached hydrogens (primary N) is 1. The van der Waals surface area contributed by atoms with Gasteiger partial charge in [-0.2, -0.15) is 0 Å². The second-order valence-electron chi connectivity index (χ2n) is 15.2. The number of benzene rings is 4. The van der Waals surface area contributed by atoms with Crippen LogP contribution in [-0.4, -0.2) is 109 Å². The molecule has 1 fully saturated rings. The number of nitrogens with zero attached hydrogens (tertiary/aromatic N) is 2. The van der Waals surface area contributed by atoms with Crippen LogP contribution in [0.4, 0.5) is 5.69 Å². The van der Waals surface area contributed by atoms with Gasteiger partial charge in [0.1, 0.15) is 31.0 Å². The minimum absolute atomic E-state index is 0.0452. The summed E-state index contributed by atoms with van der Waals surface area (Å²) < 4.78 is 5.54. The van der Waals surface area contributed by atoms with Gasteiger partial charge < -0.3 is 41.3 Å². The lowest BCUT2D eigenvalue weighted by Crippen LogP contribution is -2.56. The number of carbonyl (C=O) groups excluding carboxylic acids is 6. The highest BCUT2D eigenvalue weighted by molar-refractivity contribution is 5.95. The summed E-state index contributed by atoms with van der Waals surface area (Å²) >= 11 is 0. The molecule has 0 bridgehead atoms. The fourth-order valence-corrected chi connectivity index (χ4v) is 7.02. The standard InChI is InChI=1S/C46H56N8O8/c1-32(49-45(60)39(47)27-35-17-19-38(55)20-18-35)44(59)48-29-41(56)50-40(28-34-13-7-3-8-14-34)46(61)52-51-42(57)30-62-31-43(58)54(36-15-9-4-10-16-36)37-22-25-53(26-23-37)24-21-33-11-5-2-6-12-33/h2-20,32,37,39-40,55H,21-31,47H2,1H3,(H,48,59)(H,49,60)(H,50,56)(H,51,57)(H,52,61)/t32-,39+,40+/m0/s1. The number of ether oxygens (including phenoxy) is 1. The summed E-state index contributed by atoms with van der Waals surface area (Å²) in [5.41, 5.74) is 14.1. The quantitative estimate of drug-likeness (QED) is 0.0636. The fourth-order valence-electron chi connectivity index (χ4n) is 7.02. The number of amides is 6. The number of anilines is 1. The summed E-state index contributed by atoms with van der Waals surface area (Å²) in [5.74, 6) is -3.63. The molecule has 0 aromatic heterocycles. The van der Waals surface area contributed by atoms with Crippen LogP contribution < -0.4 is 37.4 Å². The van der Waals surface area contributed by atoms with Crippen LogP contribution >= 0.6 is 0 Å². The monoisotopic (exact) mass is 848 g/mol. The fraction of sp³-hybridized carbons (Fsp3) is 0.348. The van der Waals surface area contributed by atoms with Crippen molar-refractivity contribution in [2.24, 2.45) is 5.73 Å². The number of likely N-dealkylation sites (tertiary alicyclic amines) is 1. The molecule has 1 aliphatic heterocycles. The molecule has 1 heterocycles. The summed E-state index contributed by atoms with van der Waals surface area (Å²) in [5, 5.41) is 17.0. The number of hydrogen-bond donors (Lipinski definition) is 7. The highest BCUT2D eigenvalue weighted by atomic mass is 16.5. The van der Waals surface area contributed by atoms with E-state index in [1.807, 2.05) is 48.5 Å². The van der Waals surface area contributed by atoms with Gasteiger partial charge in [0, 0.05) is 37.8 Å². The van der Waals surface area contributed by atoms with E-state index in [1.54, 1.807) is 47.4 Å².